The van der Waals surface area contributed by atoms with Crippen LogP contribution in [0.5, 0.6) is 5.75 Å². The van der Waals surface area contributed by atoms with Crippen LogP contribution >= 0.6 is 0 Å². The minimum atomic E-state index is -0.337. The van der Waals surface area contributed by atoms with E-state index < -0.39 is 0 Å². The second-order valence-corrected chi connectivity index (χ2v) is 6.39. The van der Waals surface area contributed by atoms with Crippen molar-refractivity contribution in [2.45, 2.75) is 38.9 Å². The molecule has 0 radical (unpaired) electrons. The zero-order chi connectivity index (χ0) is 17.4. The number of halogens is 1. The second-order valence-electron chi connectivity index (χ2n) is 6.39. The Bertz CT molecular complexity index is 806. The smallest absolute Gasteiger partial charge is 0.318 e. The van der Waals surface area contributed by atoms with Crippen LogP contribution in [0.1, 0.15) is 36.1 Å². The Morgan fingerprint density at radius 3 is 3.16 bits per heavy atom. The second kappa shape index (κ2) is 6.34. The number of aromatic nitrogens is 3. The van der Waals surface area contributed by atoms with Crippen LogP contribution in [0.2, 0.25) is 0 Å². The highest BCUT2D eigenvalue weighted by Crippen LogP contribution is 2.32. The first kappa shape index (κ1) is 15.9. The van der Waals surface area contributed by atoms with Crippen molar-refractivity contribution in [3.63, 3.8) is 0 Å². The highest BCUT2D eigenvalue weighted by atomic mass is 19.1. The van der Waals surface area contributed by atoms with E-state index in [9.17, 15) is 9.18 Å². The molecule has 2 amide bonds. The van der Waals surface area contributed by atoms with Gasteiger partial charge < -0.3 is 15.0 Å². The number of hydrogen-bond acceptors (Lipinski definition) is 4. The van der Waals surface area contributed by atoms with E-state index >= 15 is 0 Å². The molecule has 0 aliphatic carbocycles. The van der Waals surface area contributed by atoms with Crippen molar-refractivity contribution in [1.29, 1.82) is 0 Å². The van der Waals surface area contributed by atoms with Gasteiger partial charge in [-0.1, -0.05) is 6.07 Å². The zero-order valence-corrected chi connectivity index (χ0v) is 14.0. The number of nitrogens with one attached hydrogen (secondary N) is 1. The fraction of sp³-hybridized carbons (Fsp3) is 0.471. The highest BCUT2D eigenvalue weighted by molar-refractivity contribution is 5.75. The van der Waals surface area contributed by atoms with Gasteiger partial charge in [-0.05, 0) is 25.8 Å². The number of nitrogens with zero attached hydrogens (tertiary/aromatic N) is 4. The standard InChI is InChI=1S/C17H20FN5O2/c1-11-19-16-10-22(6-7-23(16)21-11)17(24)20-14-3-2-8-25-15-9-12(18)4-5-13(14)15/h4-5,9,14H,2-3,6-8,10H2,1H3,(H,20,24). The molecule has 3 heterocycles. The van der Waals surface area contributed by atoms with E-state index in [2.05, 4.69) is 15.4 Å². The SMILES string of the molecule is Cc1nc2n(n1)CCN(C(=O)NC1CCCOc3cc(F)ccc31)C2. The first-order valence-electron chi connectivity index (χ1n) is 8.48. The van der Waals surface area contributed by atoms with Gasteiger partial charge in [0.1, 0.15) is 23.2 Å². The largest absolute Gasteiger partial charge is 0.493 e. The van der Waals surface area contributed by atoms with Gasteiger partial charge in [-0.2, -0.15) is 5.10 Å². The molecule has 1 aromatic heterocycles. The molecular formula is C17H20FN5O2. The Hall–Kier alpha value is -2.64. The zero-order valence-electron chi connectivity index (χ0n) is 14.0. The highest BCUT2D eigenvalue weighted by Gasteiger charge is 2.27. The fourth-order valence-electron chi connectivity index (χ4n) is 3.37. The number of carbonyl (C=O) groups is 1. The first-order chi connectivity index (χ1) is 12.1. The van der Waals surface area contributed by atoms with Crippen molar-refractivity contribution in [2.75, 3.05) is 13.2 Å². The number of urea groups is 1. The van der Waals surface area contributed by atoms with Gasteiger partial charge in [0.25, 0.3) is 0 Å². The van der Waals surface area contributed by atoms with Gasteiger partial charge in [-0.3, -0.25) is 0 Å². The molecule has 0 fully saturated rings. The molecule has 132 valence electrons. The Kier molecular flexibility index (Phi) is 4.03. The molecule has 25 heavy (non-hydrogen) atoms. The molecule has 1 unspecified atom stereocenters. The first-order valence-corrected chi connectivity index (χ1v) is 8.48. The van der Waals surface area contributed by atoms with Crippen LogP contribution in [0, 0.1) is 12.7 Å². The summed E-state index contributed by atoms with van der Waals surface area (Å²) in [6.45, 7) is 4.03. The van der Waals surface area contributed by atoms with Crippen molar-refractivity contribution in [1.82, 2.24) is 25.0 Å². The van der Waals surface area contributed by atoms with Gasteiger partial charge in [0.05, 0.1) is 25.7 Å². The summed E-state index contributed by atoms with van der Waals surface area (Å²) < 4.78 is 20.9. The van der Waals surface area contributed by atoms with E-state index in [0.29, 0.717) is 37.8 Å². The molecule has 7 nitrogen and oxygen atoms in total. The lowest BCUT2D eigenvalue weighted by molar-refractivity contribution is 0.175. The number of benzene rings is 1. The van der Waals surface area contributed by atoms with E-state index in [1.165, 1.54) is 12.1 Å². The topological polar surface area (TPSA) is 72.3 Å². The number of hydrogen-bond donors (Lipinski definition) is 1. The lowest BCUT2D eigenvalue weighted by Crippen LogP contribution is -2.45. The van der Waals surface area contributed by atoms with Crippen LogP contribution in [-0.2, 0) is 13.1 Å². The lowest BCUT2D eigenvalue weighted by atomic mass is 10.0. The van der Waals surface area contributed by atoms with Gasteiger partial charge in [0.15, 0.2) is 0 Å². The number of carbonyl (C=O) groups excluding carboxylic acids is 1. The summed E-state index contributed by atoms with van der Waals surface area (Å²) in [4.78, 5) is 18.8. The molecule has 4 rings (SSSR count). The Balaban J connectivity index is 1.50. The molecular weight excluding hydrogens is 325 g/mol. The monoisotopic (exact) mass is 345 g/mol. The molecule has 8 heteroatoms. The van der Waals surface area contributed by atoms with Gasteiger partial charge in [-0.25, -0.2) is 18.9 Å². The molecule has 0 spiro atoms. The molecule has 1 N–H and O–H groups in total. The normalized spacial score (nSPS) is 19.4. The average Bonchev–Trinajstić information content (AvgIpc) is 2.85. The van der Waals surface area contributed by atoms with E-state index in [-0.39, 0.29) is 17.9 Å². The number of ether oxygens (including phenoxy) is 1. The van der Waals surface area contributed by atoms with Crippen LogP contribution < -0.4 is 10.1 Å². The van der Waals surface area contributed by atoms with Gasteiger partial charge in [0, 0.05) is 18.2 Å². The minimum Gasteiger partial charge on any atom is -0.493 e. The predicted molar refractivity (Wildman–Crippen MR) is 87.6 cm³/mol. The van der Waals surface area contributed by atoms with Crippen LogP contribution in [0.15, 0.2) is 18.2 Å². The summed E-state index contributed by atoms with van der Waals surface area (Å²) in [6, 6.07) is 4.14. The molecule has 1 atom stereocenters. The third-order valence-electron chi connectivity index (χ3n) is 4.60. The number of amides is 2. The van der Waals surface area contributed by atoms with Crippen LogP contribution in [-0.4, -0.2) is 38.8 Å². The lowest BCUT2D eigenvalue weighted by Gasteiger charge is -2.29. The Morgan fingerprint density at radius 2 is 2.28 bits per heavy atom. The quantitative estimate of drug-likeness (QED) is 0.860. The molecule has 2 aliphatic rings. The van der Waals surface area contributed by atoms with Crippen LogP contribution in [0.3, 0.4) is 0 Å². The summed E-state index contributed by atoms with van der Waals surface area (Å²) in [7, 11) is 0. The van der Waals surface area contributed by atoms with Gasteiger partial charge in [0.2, 0.25) is 0 Å². The van der Waals surface area contributed by atoms with E-state index in [1.54, 1.807) is 11.0 Å². The Labute approximate surface area is 144 Å². The average molecular weight is 345 g/mol. The maximum Gasteiger partial charge on any atom is 0.318 e. The minimum absolute atomic E-state index is 0.144. The third-order valence-corrected chi connectivity index (χ3v) is 4.60. The molecule has 2 aliphatic heterocycles. The summed E-state index contributed by atoms with van der Waals surface area (Å²) in [5.74, 6) is 1.69. The van der Waals surface area contributed by atoms with Crippen molar-refractivity contribution in [3.05, 3.63) is 41.2 Å². The maximum absolute atomic E-state index is 13.5. The number of fused-ring (bicyclic) bond motifs is 2. The Morgan fingerprint density at radius 1 is 1.40 bits per heavy atom. The summed E-state index contributed by atoms with van der Waals surface area (Å²) in [5.41, 5.74) is 0.822. The fourth-order valence-corrected chi connectivity index (χ4v) is 3.37. The van der Waals surface area contributed by atoms with Crippen molar-refractivity contribution >= 4 is 6.03 Å². The number of aryl methyl sites for hydroxylation is 1. The number of rotatable bonds is 1. The molecule has 2 aromatic rings. The van der Waals surface area contributed by atoms with E-state index in [0.717, 1.165) is 24.2 Å². The third kappa shape index (κ3) is 3.16. The summed E-state index contributed by atoms with van der Waals surface area (Å²) >= 11 is 0. The molecule has 0 saturated heterocycles. The molecule has 0 bridgehead atoms. The summed E-state index contributed by atoms with van der Waals surface area (Å²) in [6.07, 6.45) is 1.56. The van der Waals surface area contributed by atoms with Crippen LogP contribution in [0.4, 0.5) is 9.18 Å². The van der Waals surface area contributed by atoms with Crippen molar-refractivity contribution < 1.29 is 13.9 Å². The van der Waals surface area contributed by atoms with E-state index in [4.69, 9.17) is 4.74 Å². The predicted octanol–water partition coefficient (Wildman–Crippen LogP) is 2.16. The van der Waals surface area contributed by atoms with E-state index in [1.807, 2.05) is 11.6 Å². The van der Waals surface area contributed by atoms with Crippen LogP contribution in [0.25, 0.3) is 0 Å². The van der Waals surface area contributed by atoms with Crippen molar-refractivity contribution in [2.24, 2.45) is 0 Å². The molecule has 0 saturated carbocycles. The maximum atomic E-state index is 13.5. The summed E-state index contributed by atoms with van der Waals surface area (Å²) in [5, 5.41) is 7.38. The molecule has 1 aromatic carbocycles. The van der Waals surface area contributed by atoms with Crippen molar-refractivity contribution in [3.8, 4) is 5.75 Å². The van der Waals surface area contributed by atoms with Gasteiger partial charge in [-0.15, -0.1) is 0 Å². The van der Waals surface area contributed by atoms with Gasteiger partial charge >= 0.3 is 6.03 Å².